The molecule has 0 saturated heterocycles. The number of carbonyl (C=O) groups excluding carboxylic acids is 1. The predicted molar refractivity (Wildman–Crippen MR) is 61.3 cm³/mol. The number of hydrogen-bond acceptors (Lipinski definition) is 4. The van der Waals surface area contributed by atoms with E-state index >= 15 is 0 Å². The molecule has 4 heteroatoms. The Kier molecular flexibility index (Phi) is 4.40. The molecule has 0 aliphatic heterocycles. The van der Waals surface area contributed by atoms with E-state index in [0.717, 1.165) is 21.8 Å². The van der Waals surface area contributed by atoms with E-state index in [9.17, 15) is 4.79 Å². The minimum atomic E-state index is 0.324. The van der Waals surface area contributed by atoms with Crippen LogP contribution in [-0.4, -0.2) is 19.4 Å². The van der Waals surface area contributed by atoms with Crippen LogP contribution in [0.3, 0.4) is 0 Å². The van der Waals surface area contributed by atoms with Crippen LogP contribution in [0.2, 0.25) is 0 Å². The van der Waals surface area contributed by atoms with Crippen molar-refractivity contribution >= 4 is 17.8 Å². The smallest absolute Gasteiger partial charge is 0.235 e. The SMILES string of the molecule is COc1c(C)ccc(SC)c1CN=C=O. The van der Waals surface area contributed by atoms with Gasteiger partial charge in [-0.1, -0.05) is 6.07 Å². The average Bonchev–Trinajstić information content (AvgIpc) is 2.26. The van der Waals surface area contributed by atoms with Crippen molar-refractivity contribution in [3.8, 4) is 5.75 Å². The maximum absolute atomic E-state index is 10.1. The van der Waals surface area contributed by atoms with Crippen LogP contribution in [0.4, 0.5) is 0 Å². The Morgan fingerprint density at radius 1 is 1.53 bits per heavy atom. The Morgan fingerprint density at radius 2 is 2.27 bits per heavy atom. The van der Waals surface area contributed by atoms with Crippen molar-refractivity contribution in [2.24, 2.45) is 4.99 Å². The summed E-state index contributed by atoms with van der Waals surface area (Å²) in [6.07, 6.45) is 3.53. The largest absolute Gasteiger partial charge is 0.496 e. The number of aliphatic imine (C=N–C) groups is 1. The molecular formula is C11H13NO2S. The standard InChI is InChI=1S/C11H13NO2S/c1-8-4-5-10(15-3)9(6-12-7-13)11(8)14-2/h4-5H,6H2,1-3H3. The van der Waals surface area contributed by atoms with Gasteiger partial charge in [0.25, 0.3) is 0 Å². The molecule has 1 rings (SSSR count). The molecule has 0 radical (unpaired) electrons. The normalized spacial score (nSPS) is 9.53. The van der Waals surface area contributed by atoms with Gasteiger partial charge in [-0.3, -0.25) is 0 Å². The van der Waals surface area contributed by atoms with Crippen molar-refractivity contribution in [3.05, 3.63) is 23.3 Å². The van der Waals surface area contributed by atoms with E-state index in [2.05, 4.69) is 4.99 Å². The van der Waals surface area contributed by atoms with E-state index in [-0.39, 0.29) is 0 Å². The molecule has 0 bridgehead atoms. The van der Waals surface area contributed by atoms with Crippen LogP contribution in [0, 0.1) is 6.92 Å². The molecule has 0 atom stereocenters. The minimum absolute atomic E-state index is 0.324. The van der Waals surface area contributed by atoms with Crippen molar-refractivity contribution in [2.75, 3.05) is 13.4 Å². The van der Waals surface area contributed by atoms with E-state index < -0.39 is 0 Å². The van der Waals surface area contributed by atoms with Gasteiger partial charge < -0.3 is 4.74 Å². The highest BCUT2D eigenvalue weighted by Crippen LogP contribution is 2.32. The molecule has 0 spiro atoms. The van der Waals surface area contributed by atoms with Crippen molar-refractivity contribution in [1.82, 2.24) is 0 Å². The minimum Gasteiger partial charge on any atom is -0.496 e. The Balaban J connectivity index is 3.26. The molecule has 0 amide bonds. The van der Waals surface area contributed by atoms with Gasteiger partial charge in [0.05, 0.1) is 13.7 Å². The molecule has 0 unspecified atom stereocenters. The van der Waals surface area contributed by atoms with Gasteiger partial charge in [0, 0.05) is 10.5 Å². The van der Waals surface area contributed by atoms with Crippen LogP contribution in [0.1, 0.15) is 11.1 Å². The number of rotatable bonds is 4. The van der Waals surface area contributed by atoms with Crippen LogP contribution in [0.25, 0.3) is 0 Å². The van der Waals surface area contributed by atoms with E-state index in [1.54, 1.807) is 25.0 Å². The zero-order valence-electron chi connectivity index (χ0n) is 9.03. The Bertz CT molecular complexity index is 398. The molecule has 0 N–H and O–H groups in total. The van der Waals surface area contributed by atoms with Gasteiger partial charge >= 0.3 is 0 Å². The first-order valence-corrected chi connectivity index (χ1v) is 5.71. The summed E-state index contributed by atoms with van der Waals surface area (Å²) in [7, 11) is 1.63. The van der Waals surface area contributed by atoms with Crippen LogP contribution in [-0.2, 0) is 11.3 Å². The highest BCUT2D eigenvalue weighted by Gasteiger charge is 2.10. The first kappa shape index (κ1) is 11.8. The number of isocyanates is 1. The summed E-state index contributed by atoms with van der Waals surface area (Å²) in [5.74, 6) is 0.806. The third kappa shape index (κ3) is 2.61. The molecule has 0 fully saturated rings. The first-order valence-electron chi connectivity index (χ1n) is 4.48. The summed E-state index contributed by atoms with van der Waals surface area (Å²) in [4.78, 5) is 14.8. The first-order chi connectivity index (χ1) is 7.24. The van der Waals surface area contributed by atoms with Gasteiger partial charge in [0.2, 0.25) is 6.08 Å². The zero-order valence-corrected chi connectivity index (χ0v) is 9.85. The van der Waals surface area contributed by atoms with Gasteiger partial charge in [0.1, 0.15) is 5.75 Å². The van der Waals surface area contributed by atoms with Gasteiger partial charge in [-0.15, -0.1) is 11.8 Å². The van der Waals surface area contributed by atoms with Crippen LogP contribution < -0.4 is 4.74 Å². The van der Waals surface area contributed by atoms with Crippen molar-refractivity contribution in [3.63, 3.8) is 0 Å². The number of aryl methyl sites for hydroxylation is 1. The molecular weight excluding hydrogens is 210 g/mol. The summed E-state index contributed by atoms with van der Waals surface area (Å²) in [5.41, 5.74) is 2.00. The molecule has 1 aromatic carbocycles. The quantitative estimate of drug-likeness (QED) is 0.447. The van der Waals surface area contributed by atoms with Gasteiger partial charge in [-0.25, -0.2) is 9.79 Å². The maximum atomic E-state index is 10.1. The average molecular weight is 223 g/mol. The van der Waals surface area contributed by atoms with Gasteiger partial charge in [0.15, 0.2) is 0 Å². The molecule has 15 heavy (non-hydrogen) atoms. The monoisotopic (exact) mass is 223 g/mol. The molecule has 1 aromatic rings. The topological polar surface area (TPSA) is 38.7 Å². The molecule has 0 aliphatic carbocycles. The summed E-state index contributed by atoms with van der Waals surface area (Å²) in [6, 6.07) is 4.01. The van der Waals surface area contributed by atoms with Crippen LogP contribution in [0.15, 0.2) is 22.0 Å². The van der Waals surface area contributed by atoms with Crippen LogP contribution >= 0.6 is 11.8 Å². The van der Waals surface area contributed by atoms with E-state index in [1.165, 1.54) is 0 Å². The molecule has 0 aliphatic rings. The number of thioether (sulfide) groups is 1. The molecule has 3 nitrogen and oxygen atoms in total. The highest BCUT2D eigenvalue weighted by molar-refractivity contribution is 7.98. The lowest BCUT2D eigenvalue weighted by Crippen LogP contribution is -1.96. The second kappa shape index (κ2) is 5.59. The fourth-order valence-electron chi connectivity index (χ4n) is 1.46. The predicted octanol–water partition coefficient (Wildman–Crippen LogP) is 2.56. The third-order valence-corrected chi connectivity index (χ3v) is 2.96. The highest BCUT2D eigenvalue weighted by atomic mass is 32.2. The molecule has 80 valence electrons. The summed E-state index contributed by atoms with van der Waals surface area (Å²) >= 11 is 1.61. The van der Waals surface area contributed by atoms with Gasteiger partial charge in [-0.2, -0.15) is 0 Å². The van der Waals surface area contributed by atoms with Crippen molar-refractivity contribution in [1.29, 1.82) is 0 Å². The van der Waals surface area contributed by atoms with Crippen molar-refractivity contribution < 1.29 is 9.53 Å². The fraction of sp³-hybridized carbons (Fsp3) is 0.364. The Morgan fingerprint density at radius 3 is 2.80 bits per heavy atom. The molecule has 0 aromatic heterocycles. The number of hydrogen-bond donors (Lipinski definition) is 0. The lowest BCUT2D eigenvalue weighted by Gasteiger charge is -2.12. The second-order valence-corrected chi connectivity index (χ2v) is 3.85. The Hall–Kier alpha value is -1.25. The second-order valence-electron chi connectivity index (χ2n) is 3.00. The lowest BCUT2D eigenvalue weighted by molar-refractivity contribution is 0.405. The van der Waals surface area contributed by atoms with Crippen LogP contribution in [0.5, 0.6) is 5.75 Å². The van der Waals surface area contributed by atoms with Gasteiger partial charge in [-0.05, 0) is 24.8 Å². The summed E-state index contributed by atoms with van der Waals surface area (Å²) in [6.45, 7) is 2.29. The number of ether oxygens (including phenoxy) is 1. The molecule has 0 heterocycles. The Labute approximate surface area is 93.5 Å². The maximum Gasteiger partial charge on any atom is 0.235 e. The number of nitrogens with zero attached hydrogens (tertiary/aromatic N) is 1. The molecule has 0 saturated carbocycles. The summed E-state index contributed by atoms with van der Waals surface area (Å²) < 4.78 is 5.31. The van der Waals surface area contributed by atoms with E-state index in [1.807, 2.05) is 25.3 Å². The number of methoxy groups -OCH3 is 1. The van der Waals surface area contributed by atoms with Crippen molar-refractivity contribution in [2.45, 2.75) is 18.4 Å². The number of benzene rings is 1. The van der Waals surface area contributed by atoms with E-state index in [4.69, 9.17) is 4.74 Å². The fourth-order valence-corrected chi connectivity index (χ4v) is 2.07. The van der Waals surface area contributed by atoms with E-state index in [0.29, 0.717) is 6.54 Å². The third-order valence-electron chi connectivity index (χ3n) is 2.14. The zero-order chi connectivity index (χ0) is 11.3. The lowest BCUT2D eigenvalue weighted by atomic mass is 10.1. The summed E-state index contributed by atoms with van der Waals surface area (Å²) in [5, 5.41) is 0.